The van der Waals surface area contributed by atoms with Crippen LogP contribution in [0.3, 0.4) is 0 Å². The molecule has 2 bridgehead atoms. The van der Waals surface area contributed by atoms with Gasteiger partial charge in [0.25, 0.3) is 11.5 Å². The average Bonchev–Trinajstić information content (AvgIpc) is 2.84. The van der Waals surface area contributed by atoms with Crippen molar-refractivity contribution in [1.29, 1.82) is 0 Å². The number of aromatic nitrogens is 4. The second kappa shape index (κ2) is 8.79. The summed E-state index contributed by atoms with van der Waals surface area (Å²) in [6, 6.07) is 3.71. The number of nitrogens with zero attached hydrogens (tertiary/aromatic N) is 3. The molecule has 0 aliphatic carbocycles. The zero-order valence-electron chi connectivity index (χ0n) is 19.5. The minimum absolute atomic E-state index is 0.0877. The molecule has 0 fully saturated rings. The Hall–Kier alpha value is -4.09. The van der Waals surface area contributed by atoms with Gasteiger partial charge in [0.15, 0.2) is 29.7 Å². The summed E-state index contributed by atoms with van der Waals surface area (Å²) >= 11 is 0. The second-order valence-electron chi connectivity index (χ2n) is 9.02. The molecule has 192 valence electrons. The van der Waals surface area contributed by atoms with Crippen LogP contribution in [0.15, 0.2) is 40.1 Å². The summed E-state index contributed by atoms with van der Waals surface area (Å²) in [6.45, 7) is 2.31. The molecule has 3 aromatic heterocycles. The number of hydrogen-bond donors (Lipinski definition) is 1. The molecule has 0 radical (unpaired) electrons. The Morgan fingerprint density at radius 2 is 1.86 bits per heavy atom. The molecule has 37 heavy (non-hydrogen) atoms. The van der Waals surface area contributed by atoms with Gasteiger partial charge in [-0.05, 0) is 42.2 Å². The molecule has 1 aliphatic rings. The van der Waals surface area contributed by atoms with E-state index < -0.39 is 64.7 Å². The Balaban J connectivity index is 1.99. The molecular weight excluding hydrogens is 499 g/mol. The number of benzene rings is 1. The van der Waals surface area contributed by atoms with Crippen LogP contribution in [0.5, 0.6) is 5.75 Å². The summed E-state index contributed by atoms with van der Waals surface area (Å²) in [4.78, 5) is 36.2. The number of alkyl halides is 2. The molecule has 7 nitrogen and oxygen atoms in total. The quantitative estimate of drug-likeness (QED) is 0.371. The van der Waals surface area contributed by atoms with E-state index in [1.807, 2.05) is 0 Å². The van der Waals surface area contributed by atoms with E-state index in [4.69, 9.17) is 4.74 Å². The van der Waals surface area contributed by atoms with Gasteiger partial charge in [0, 0.05) is 12.6 Å². The number of nitrogens with one attached hydrogen (secondary N) is 1. The Labute approximate surface area is 205 Å². The van der Waals surface area contributed by atoms with Crippen molar-refractivity contribution >= 4 is 11.0 Å². The van der Waals surface area contributed by atoms with Gasteiger partial charge in [-0.15, -0.1) is 0 Å². The fraction of sp³-hybridized carbons (Fsp3) is 0.280. The van der Waals surface area contributed by atoms with Gasteiger partial charge in [0.2, 0.25) is 0 Å². The molecule has 0 saturated heterocycles. The zero-order valence-corrected chi connectivity index (χ0v) is 19.5. The third-order valence-electron chi connectivity index (χ3n) is 6.13. The first-order valence-corrected chi connectivity index (χ1v) is 11.3. The lowest BCUT2D eigenvalue weighted by Crippen LogP contribution is -2.32. The molecule has 0 atom stereocenters. The van der Waals surface area contributed by atoms with Crippen LogP contribution < -0.4 is 16.0 Å². The Kier molecular flexibility index (Phi) is 5.84. The van der Waals surface area contributed by atoms with E-state index in [1.165, 1.54) is 12.3 Å². The Morgan fingerprint density at radius 3 is 2.59 bits per heavy atom. The van der Waals surface area contributed by atoms with Crippen LogP contribution in [0, 0.1) is 17.5 Å². The van der Waals surface area contributed by atoms with Gasteiger partial charge in [0.05, 0.1) is 22.3 Å². The lowest BCUT2D eigenvalue weighted by atomic mass is 9.99. The number of hydrogen-bond acceptors (Lipinski definition) is 5. The van der Waals surface area contributed by atoms with Gasteiger partial charge >= 0.3 is 5.69 Å². The largest absolute Gasteiger partial charge is 0.486 e. The second-order valence-corrected chi connectivity index (χ2v) is 9.02. The number of halogens is 5. The summed E-state index contributed by atoms with van der Waals surface area (Å²) in [5, 5.41) is -0.371. The molecule has 4 heterocycles. The topological polar surface area (TPSA) is 89.9 Å². The van der Waals surface area contributed by atoms with Crippen molar-refractivity contribution in [1.82, 2.24) is 19.5 Å². The van der Waals surface area contributed by atoms with E-state index in [2.05, 4.69) is 15.0 Å². The summed E-state index contributed by atoms with van der Waals surface area (Å²) in [6.07, 6.45) is 0.438. The number of rotatable bonds is 1. The number of ether oxygens (including phenoxy) is 1. The van der Waals surface area contributed by atoms with Crippen molar-refractivity contribution in [2.24, 2.45) is 0 Å². The van der Waals surface area contributed by atoms with Crippen molar-refractivity contribution in [2.45, 2.75) is 38.5 Å². The van der Waals surface area contributed by atoms with Crippen LogP contribution in [0.4, 0.5) is 22.0 Å². The number of aryl methyl sites for hydroxylation is 1. The fourth-order valence-corrected chi connectivity index (χ4v) is 4.36. The number of H-pyrrole nitrogens is 1. The van der Waals surface area contributed by atoms with Crippen LogP contribution in [0.2, 0.25) is 0 Å². The maximum absolute atomic E-state index is 15.3. The van der Waals surface area contributed by atoms with Gasteiger partial charge in [-0.1, -0.05) is 13.8 Å². The van der Waals surface area contributed by atoms with Crippen molar-refractivity contribution in [3.8, 4) is 22.7 Å². The van der Waals surface area contributed by atoms with Crippen LogP contribution in [0.1, 0.15) is 37.4 Å². The molecule has 1 aliphatic heterocycles. The smallest absolute Gasteiger partial charge is 0.334 e. The van der Waals surface area contributed by atoms with Crippen molar-refractivity contribution < 1.29 is 26.7 Å². The van der Waals surface area contributed by atoms with Gasteiger partial charge < -0.3 is 4.74 Å². The minimum atomic E-state index is -3.44. The highest BCUT2D eigenvalue weighted by atomic mass is 19.3. The monoisotopic (exact) mass is 518 g/mol. The zero-order chi connectivity index (χ0) is 26.6. The third kappa shape index (κ3) is 4.15. The lowest BCUT2D eigenvalue weighted by Gasteiger charge is -2.21. The standard InChI is InChI=1S/C25H19F5N4O3/c1-11(2)19-21-12(6-8-31-19)5-7-25(29,30)10-37-16-4-3-14(26)18(28)17(16)20-15(27)9-13-22(32-20)34(21)24(36)33-23(13)35/h3-4,6,8-9,11H,5,7,10H2,1-2H3,(H,33,35,36). The first kappa shape index (κ1) is 24.6. The molecule has 1 N–H and O–H groups in total. The van der Waals surface area contributed by atoms with Gasteiger partial charge in [-0.3, -0.25) is 14.8 Å². The Bertz CT molecular complexity index is 1680. The first-order valence-electron chi connectivity index (χ1n) is 11.3. The molecule has 0 spiro atoms. The van der Waals surface area contributed by atoms with Crippen LogP contribution >= 0.6 is 0 Å². The molecule has 0 saturated carbocycles. The predicted molar refractivity (Wildman–Crippen MR) is 124 cm³/mol. The number of pyridine rings is 2. The van der Waals surface area contributed by atoms with E-state index >= 15 is 4.39 Å². The van der Waals surface area contributed by atoms with E-state index in [9.17, 15) is 27.2 Å². The maximum Gasteiger partial charge on any atom is 0.334 e. The fourth-order valence-electron chi connectivity index (χ4n) is 4.36. The van der Waals surface area contributed by atoms with Crippen molar-refractivity contribution in [2.75, 3.05) is 6.61 Å². The average molecular weight is 518 g/mol. The molecule has 4 aromatic rings. The summed E-state index contributed by atoms with van der Waals surface area (Å²) < 4.78 is 80.3. The van der Waals surface area contributed by atoms with E-state index in [-0.39, 0.29) is 34.6 Å². The van der Waals surface area contributed by atoms with Crippen molar-refractivity contribution in [3.05, 3.63) is 80.0 Å². The van der Waals surface area contributed by atoms with E-state index in [1.54, 1.807) is 13.8 Å². The molecule has 0 amide bonds. The maximum atomic E-state index is 15.3. The normalized spacial score (nSPS) is 14.9. The van der Waals surface area contributed by atoms with Gasteiger partial charge in [-0.25, -0.2) is 36.3 Å². The summed E-state index contributed by atoms with van der Waals surface area (Å²) in [5.74, 6) is -8.58. The Morgan fingerprint density at radius 1 is 1.11 bits per heavy atom. The highest BCUT2D eigenvalue weighted by molar-refractivity contribution is 5.81. The molecule has 0 unspecified atom stereocenters. The van der Waals surface area contributed by atoms with Gasteiger partial charge in [-0.2, -0.15) is 0 Å². The van der Waals surface area contributed by atoms with Crippen LogP contribution in [-0.4, -0.2) is 32.0 Å². The minimum Gasteiger partial charge on any atom is -0.486 e. The van der Waals surface area contributed by atoms with Crippen molar-refractivity contribution in [3.63, 3.8) is 0 Å². The number of aromatic amines is 1. The predicted octanol–water partition coefficient (Wildman–Crippen LogP) is 4.64. The first-order chi connectivity index (χ1) is 17.5. The summed E-state index contributed by atoms with van der Waals surface area (Å²) in [7, 11) is 0. The van der Waals surface area contributed by atoms with E-state index in [0.29, 0.717) is 11.8 Å². The number of fused-ring (bicyclic) bond motifs is 5. The third-order valence-corrected chi connectivity index (χ3v) is 6.13. The van der Waals surface area contributed by atoms with Crippen LogP contribution in [-0.2, 0) is 6.42 Å². The van der Waals surface area contributed by atoms with E-state index in [0.717, 1.165) is 16.7 Å². The molecule has 12 heteroatoms. The van der Waals surface area contributed by atoms with Gasteiger partial charge in [0.1, 0.15) is 11.4 Å². The summed E-state index contributed by atoms with van der Waals surface area (Å²) in [5.41, 5.74) is -3.33. The highest BCUT2D eigenvalue weighted by Gasteiger charge is 2.33. The lowest BCUT2D eigenvalue weighted by molar-refractivity contribution is -0.0472. The van der Waals surface area contributed by atoms with Crippen LogP contribution in [0.25, 0.3) is 28.0 Å². The molecule has 1 aromatic carbocycles. The molecule has 5 rings (SSSR count). The highest BCUT2D eigenvalue weighted by Crippen LogP contribution is 2.37. The SMILES string of the molecule is CC(C)c1nccc2c1-n1c(=O)[nH]c(=O)c3cc(F)c(nc31)-c1c(ccc(F)c1F)OCC(F)(F)CC2. The molecular formula is C25H19F5N4O3.